The molecule has 0 spiro atoms. The molecule has 8 heteroatoms. The second-order valence-electron chi connectivity index (χ2n) is 7.36. The number of rotatable bonds is 8. The van der Waals surface area contributed by atoms with Crippen molar-refractivity contribution >= 4 is 28.8 Å². The van der Waals surface area contributed by atoms with Crippen LogP contribution in [0.2, 0.25) is 0 Å². The zero-order valence-electron chi connectivity index (χ0n) is 17.3. The molecule has 1 aliphatic heterocycles. The standard InChI is InChI=1S/C23H26N6O2/c24-22(30)12-18-16-27-23(13-21(18)26-15-17-2-1-7-25-14-17)28-19-3-5-20(6-4-19)29-8-10-31-11-9-29/h1-7,13-14,16H,8-12,15H2,(H2,24,30)(H2,26,27,28). The number of morpholine rings is 1. The van der Waals surface area contributed by atoms with Crippen molar-refractivity contribution in [3.8, 4) is 0 Å². The van der Waals surface area contributed by atoms with E-state index < -0.39 is 5.91 Å². The molecule has 1 fully saturated rings. The first kappa shape index (κ1) is 20.6. The lowest BCUT2D eigenvalue weighted by Gasteiger charge is -2.28. The maximum atomic E-state index is 11.5. The van der Waals surface area contributed by atoms with Crippen LogP contribution in [0.25, 0.3) is 0 Å². The topological polar surface area (TPSA) is 105 Å². The minimum atomic E-state index is -0.398. The number of primary amides is 1. The van der Waals surface area contributed by atoms with Crippen LogP contribution >= 0.6 is 0 Å². The van der Waals surface area contributed by atoms with Gasteiger partial charge < -0.3 is 26.0 Å². The summed E-state index contributed by atoms with van der Waals surface area (Å²) in [5.74, 6) is 0.284. The van der Waals surface area contributed by atoms with Gasteiger partial charge in [0.1, 0.15) is 5.82 Å². The number of anilines is 4. The Kier molecular flexibility index (Phi) is 6.59. The molecular formula is C23H26N6O2. The van der Waals surface area contributed by atoms with Crippen LogP contribution in [0.1, 0.15) is 11.1 Å². The number of nitrogens with one attached hydrogen (secondary N) is 2. The smallest absolute Gasteiger partial charge is 0.221 e. The molecular weight excluding hydrogens is 392 g/mol. The highest BCUT2D eigenvalue weighted by molar-refractivity contribution is 5.79. The van der Waals surface area contributed by atoms with Gasteiger partial charge in [0.25, 0.3) is 0 Å². The number of ether oxygens (including phenoxy) is 1. The molecule has 4 N–H and O–H groups in total. The lowest BCUT2D eigenvalue weighted by molar-refractivity contribution is -0.117. The van der Waals surface area contributed by atoms with Gasteiger partial charge in [0.2, 0.25) is 5.91 Å². The van der Waals surface area contributed by atoms with Crippen molar-refractivity contribution in [2.24, 2.45) is 5.73 Å². The molecule has 3 aromatic rings. The van der Waals surface area contributed by atoms with Gasteiger partial charge in [-0.2, -0.15) is 0 Å². The molecule has 31 heavy (non-hydrogen) atoms. The first-order valence-electron chi connectivity index (χ1n) is 10.3. The number of hydrogen-bond acceptors (Lipinski definition) is 7. The molecule has 1 aromatic carbocycles. The van der Waals surface area contributed by atoms with E-state index in [-0.39, 0.29) is 6.42 Å². The van der Waals surface area contributed by atoms with Crippen molar-refractivity contribution in [1.29, 1.82) is 0 Å². The maximum Gasteiger partial charge on any atom is 0.221 e. The van der Waals surface area contributed by atoms with Gasteiger partial charge in [0.15, 0.2) is 0 Å². The van der Waals surface area contributed by atoms with Crippen molar-refractivity contribution in [2.75, 3.05) is 41.8 Å². The zero-order valence-corrected chi connectivity index (χ0v) is 17.3. The molecule has 0 saturated carbocycles. The number of carbonyl (C=O) groups excluding carboxylic acids is 1. The number of amides is 1. The number of aromatic nitrogens is 2. The van der Waals surface area contributed by atoms with E-state index in [1.165, 1.54) is 5.69 Å². The van der Waals surface area contributed by atoms with Gasteiger partial charge in [-0.25, -0.2) is 4.98 Å². The molecule has 1 saturated heterocycles. The molecule has 0 radical (unpaired) electrons. The molecule has 8 nitrogen and oxygen atoms in total. The molecule has 0 aliphatic carbocycles. The summed E-state index contributed by atoms with van der Waals surface area (Å²) in [5, 5.41) is 6.70. The van der Waals surface area contributed by atoms with Gasteiger partial charge in [-0.1, -0.05) is 6.07 Å². The van der Waals surface area contributed by atoms with E-state index in [1.807, 2.05) is 30.3 Å². The van der Waals surface area contributed by atoms with E-state index in [9.17, 15) is 4.79 Å². The fraction of sp³-hybridized carbons (Fsp3) is 0.261. The van der Waals surface area contributed by atoms with Crippen LogP contribution in [-0.2, 0) is 22.5 Å². The van der Waals surface area contributed by atoms with E-state index in [0.29, 0.717) is 12.4 Å². The van der Waals surface area contributed by atoms with Crippen molar-refractivity contribution in [1.82, 2.24) is 9.97 Å². The Morgan fingerprint density at radius 3 is 2.65 bits per heavy atom. The molecule has 2 aromatic heterocycles. The minimum Gasteiger partial charge on any atom is -0.381 e. The van der Waals surface area contributed by atoms with Gasteiger partial charge >= 0.3 is 0 Å². The van der Waals surface area contributed by atoms with E-state index >= 15 is 0 Å². The van der Waals surface area contributed by atoms with Crippen molar-refractivity contribution in [3.05, 3.63) is 72.2 Å². The van der Waals surface area contributed by atoms with Crippen LogP contribution in [0.5, 0.6) is 0 Å². The monoisotopic (exact) mass is 418 g/mol. The van der Waals surface area contributed by atoms with E-state index in [0.717, 1.165) is 48.8 Å². The lowest BCUT2D eigenvalue weighted by Crippen LogP contribution is -2.36. The highest BCUT2D eigenvalue weighted by Crippen LogP contribution is 2.25. The Labute approximate surface area is 181 Å². The Bertz CT molecular complexity index is 1000. The lowest BCUT2D eigenvalue weighted by atomic mass is 10.1. The Hall–Kier alpha value is -3.65. The van der Waals surface area contributed by atoms with Crippen LogP contribution in [0, 0.1) is 0 Å². The summed E-state index contributed by atoms with van der Waals surface area (Å²) in [6.45, 7) is 3.91. The van der Waals surface area contributed by atoms with Gasteiger partial charge in [-0.05, 0) is 35.9 Å². The SMILES string of the molecule is NC(=O)Cc1cnc(Nc2ccc(N3CCOCC3)cc2)cc1NCc1cccnc1. The molecule has 4 rings (SSSR count). The number of pyridine rings is 2. The third kappa shape index (κ3) is 5.70. The van der Waals surface area contributed by atoms with Gasteiger partial charge in [-0.3, -0.25) is 9.78 Å². The molecule has 160 valence electrons. The summed E-state index contributed by atoms with van der Waals surface area (Å²) < 4.78 is 5.42. The second kappa shape index (κ2) is 9.90. The first-order valence-corrected chi connectivity index (χ1v) is 10.3. The molecule has 0 atom stereocenters. The van der Waals surface area contributed by atoms with Gasteiger partial charge in [0, 0.05) is 66.9 Å². The fourth-order valence-corrected chi connectivity index (χ4v) is 3.47. The predicted molar refractivity (Wildman–Crippen MR) is 121 cm³/mol. The largest absolute Gasteiger partial charge is 0.381 e. The molecule has 0 unspecified atom stereocenters. The average molecular weight is 419 g/mol. The number of carbonyl (C=O) groups is 1. The summed E-state index contributed by atoms with van der Waals surface area (Å²) >= 11 is 0. The Morgan fingerprint density at radius 2 is 1.94 bits per heavy atom. The predicted octanol–water partition coefficient (Wildman–Crippen LogP) is 2.70. The third-order valence-electron chi connectivity index (χ3n) is 5.07. The van der Waals surface area contributed by atoms with E-state index in [4.69, 9.17) is 10.5 Å². The van der Waals surface area contributed by atoms with Crippen molar-refractivity contribution in [3.63, 3.8) is 0 Å². The third-order valence-corrected chi connectivity index (χ3v) is 5.07. The van der Waals surface area contributed by atoms with Crippen LogP contribution in [0.15, 0.2) is 61.1 Å². The fourth-order valence-electron chi connectivity index (χ4n) is 3.47. The Morgan fingerprint density at radius 1 is 1.13 bits per heavy atom. The number of benzene rings is 1. The number of nitrogens with zero attached hydrogens (tertiary/aromatic N) is 3. The highest BCUT2D eigenvalue weighted by Gasteiger charge is 2.12. The highest BCUT2D eigenvalue weighted by atomic mass is 16.5. The van der Waals surface area contributed by atoms with Gasteiger partial charge in [0.05, 0.1) is 19.6 Å². The normalized spacial score (nSPS) is 13.6. The molecule has 1 amide bonds. The summed E-state index contributed by atoms with van der Waals surface area (Å²) in [6.07, 6.45) is 5.34. The second-order valence-corrected chi connectivity index (χ2v) is 7.36. The summed E-state index contributed by atoms with van der Waals surface area (Å²) in [5.41, 5.74) is 10.1. The van der Waals surface area contributed by atoms with E-state index in [1.54, 1.807) is 18.6 Å². The van der Waals surface area contributed by atoms with Crippen molar-refractivity contribution < 1.29 is 9.53 Å². The molecule has 0 bridgehead atoms. The molecule has 1 aliphatic rings. The summed E-state index contributed by atoms with van der Waals surface area (Å²) in [4.78, 5) is 22.4. The Balaban J connectivity index is 1.47. The summed E-state index contributed by atoms with van der Waals surface area (Å²) in [7, 11) is 0. The van der Waals surface area contributed by atoms with Crippen LogP contribution in [0.4, 0.5) is 22.9 Å². The van der Waals surface area contributed by atoms with Crippen LogP contribution in [-0.4, -0.2) is 42.2 Å². The zero-order chi connectivity index (χ0) is 21.5. The van der Waals surface area contributed by atoms with Crippen molar-refractivity contribution in [2.45, 2.75) is 13.0 Å². The van der Waals surface area contributed by atoms with Crippen LogP contribution < -0.4 is 21.3 Å². The molecule has 3 heterocycles. The first-order chi connectivity index (χ1) is 15.2. The quantitative estimate of drug-likeness (QED) is 0.516. The summed E-state index contributed by atoms with van der Waals surface area (Å²) in [6, 6.07) is 14.0. The van der Waals surface area contributed by atoms with Crippen LogP contribution in [0.3, 0.4) is 0 Å². The number of hydrogen-bond donors (Lipinski definition) is 3. The number of nitrogens with two attached hydrogens (primary N) is 1. The minimum absolute atomic E-state index is 0.122. The average Bonchev–Trinajstić information content (AvgIpc) is 2.80. The maximum absolute atomic E-state index is 11.5. The van der Waals surface area contributed by atoms with E-state index in [2.05, 4.69) is 37.6 Å². The van der Waals surface area contributed by atoms with Gasteiger partial charge in [-0.15, -0.1) is 0 Å².